The summed E-state index contributed by atoms with van der Waals surface area (Å²) in [6, 6.07) is 17.3. The lowest BCUT2D eigenvalue weighted by Crippen LogP contribution is -2.25. The van der Waals surface area contributed by atoms with Crippen LogP contribution in [0.5, 0.6) is 11.5 Å². The molecule has 1 aliphatic rings. The van der Waals surface area contributed by atoms with Gasteiger partial charge in [0.15, 0.2) is 11.5 Å². The summed E-state index contributed by atoms with van der Waals surface area (Å²) in [5.74, 6) is 0.240. The van der Waals surface area contributed by atoms with Gasteiger partial charge in [-0.15, -0.1) is 0 Å². The number of carbonyl (C=O) groups is 1. The van der Waals surface area contributed by atoms with Crippen molar-refractivity contribution < 1.29 is 23.0 Å². The summed E-state index contributed by atoms with van der Waals surface area (Å²) in [6.45, 7) is 0.256. The summed E-state index contributed by atoms with van der Waals surface area (Å²) in [5, 5.41) is 0. The number of methoxy groups -OCH3 is 2. The van der Waals surface area contributed by atoms with Crippen molar-refractivity contribution in [3.8, 4) is 11.5 Å². The van der Waals surface area contributed by atoms with E-state index >= 15 is 0 Å². The number of amides is 1. The number of hydrogen-bond acceptors (Lipinski definition) is 3. The molecule has 162 valence electrons. The van der Waals surface area contributed by atoms with Crippen LogP contribution in [-0.4, -0.2) is 25.0 Å². The summed E-state index contributed by atoms with van der Waals surface area (Å²) < 4.78 is 37.4. The van der Waals surface area contributed by atoms with Crippen molar-refractivity contribution in [2.75, 3.05) is 14.2 Å². The normalized spacial score (nSPS) is 14.6. The Kier molecular flexibility index (Phi) is 6.03. The predicted molar refractivity (Wildman–Crippen MR) is 119 cm³/mol. The second-order valence-electron chi connectivity index (χ2n) is 7.27. The smallest absolute Gasteiger partial charge is 0.258 e. The van der Waals surface area contributed by atoms with Gasteiger partial charge in [-0.1, -0.05) is 18.2 Å². The fourth-order valence-corrected chi connectivity index (χ4v) is 3.57. The van der Waals surface area contributed by atoms with Crippen molar-refractivity contribution in [2.24, 2.45) is 0 Å². The maximum absolute atomic E-state index is 13.5. The van der Waals surface area contributed by atoms with E-state index in [2.05, 4.69) is 0 Å². The number of hydrogen-bond donors (Lipinski definition) is 0. The lowest BCUT2D eigenvalue weighted by atomic mass is 10.1. The molecule has 0 aromatic heterocycles. The zero-order valence-electron chi connectivity index (χ0n) is 17.6. The Bertz CT molecular complexity index is 1200. The van der Waals surface area contributed by atoms with E-state index < -0.39 is 0 Å². The van der Waals surface area contributed by atoms with Crippen LogP contribution in [-0.2, 0) is 11.3 Å². The van der Waals surface area contributed by atoms with Gasteiger partial charge in [0.05, 0.1) is 26.5 Å². The second kappa shape index (κ2) is 9.06. The third-order valence-electron chi connectivity index (χ3n) is 5.20. The van der Waals surface area contributed by atoms with Gasteiger partial charge < -0.3 is 14.4 Å². The number of benzene rings is 3. The van der Waals surface area contributed by atoms with Crippen molar-refractivity contribution in [3.05, 3.63) is 107 Å². The number of carbonyl (C=O) groups excluding carboxylic acids is 1. The summed E-state index contributed by atoms with van der Waals surface area (Å²) in [4.78, 5) is 14.9. The first-order valence-electron chi connectivity index (χ1n) is 9.96. The van der Waals surface area contributed by atoms with Crippen LogP contribution in [0.15, 0.2) is 78.4 Å². The highest BCUT2D eigenvalue weighted by atomic mass is 19.1. The highest BCUT2D eigenvalue weighted by molar-refractivity contribution is 6.10. The van der Waals surface area contributed by atoms with Crippen LogP contribution < -0.4 is 9.47 Å². The van der Waals surface area contributed by atoms with Crippen molar-refractivity contribution in [1.82, 2.24) is 4.90 Å². The summed E-state index contributed by atoms with van der Waals surface area (Å²) in [7, 11) is 3.11. The maximum Gasteiger partial charge on any atom is 0.258 e. The molecule has 0 bridgehead atoms. The van der Waals surface area contributed by atoms with E-state index in [1.54, 1.807) is 67.7 Å². The van der Waals surface area contributed by atoms with Crippen molar-refractivity contribution >= 4 is 17.7 Å². The molecule has 1 aliphatic heterocycles. The minimum Gasteiger partial charge on any atom is -0.493 e. The van der Waals surface area contributed by atoms with Crippen LogP contribution >= 0.6 is 0 Å². The molecule has 0 saturated heterocycles. The molecule has 0 saturated carbocycles. The van der Waals surface area contributed by atoms with E-state index in [1.807, 2.05) is 6.07 Å². The Labute approximate surface area is 185 Å². The Morgan fingerprint density at radius 3 is 2.09 bits per heavy atom. The Balaban J connectivity index is 1.73. The molecule has 4 nitrogen and oxygen atoms in total. The molecule has 6 heteroatoms. The molecule has 0 N–H and O–H groups in total. The SMILES string of the molecule is COc1ccc(/C=C2\C=C(c3ccc(F)cc3)N(Cc3ccc(F)cc3)C2=O)cc1OC. The van der Waals surface area contributed by atoms with Crippen LogP contribution in [0.4, 0.5) is 8.78 Å². The Hall–Kier alpha value is -3.93. The number of ether oxygens (including phenoxy) is 2. The first kappa shape index (κ1) is 21.3. The topological polar surface area (TPSA) is 38.8 Å². The van der Waals surface area contributed by atoms with Gasteiger partial charge in [-0.25, -0.2) is 8.78 Å². The lowest BCUT2D eigenvalue weighted by molar-refractivity contribution is -0.123. The molecular weight excluding hydrogens is 412 g/mol. The van der Waals surface area contributed by atoms with Crippen molar-refractivity contribution in [1.29, 1.82) is 0 Å². The van der Waals surface area contributed by atoms with E-state index in [4.69, 9.17) is 9.47 Å². The van der Waals surface area contributed by atoms with Gasteiger partial charge >= 0.3 is 0 Å². The molecular formula is C26H21F2NO3. The van der Waals surface area contributed by atoms with E-state index in [9.17, 15) is 13.6 Å². The van der Waals surface area contributed by atoms with Gasteiger partial charge in [-0.3, -0.25) is 4.79 Å². The summed E-state index contributed by atoms with van der Waals surface area (Å²) >= 11 is 0. The van der Waals surface area contributed by atoms with Crippen molar-refractivity contribution in [3.63, 3.8) is 0 Å². The number of rotatable bonds is 6. The molecule has 3 aromatic rings. The average molecular weight is 433 g/mol. The molecule has 32 heavy (non-hydrogen) atoms. The first-order chi connectivity index (χ1) is 15.5. The minimum absolute atomic E-state index is 0.205. The first-order valence-corrected chi connectivity index (χ1v) is 9.96. The molecule has 0 spiro atoms. The minimum atomic E-state index is -0.357. The molecule has 0 unspecified atom stereocenters. The fraction of sp³-hybridized carbons (Fsp3) is 0.115. The zero-order chi connectivity index (χ0) is 22.7. The standard InChI is InChI=1S/C26H21F2NO3/c1-31-24-12-5-18(14-25(24)32-2)13-20-15-23(19-6-10-22(28)11-7-19)29(26(20)30)16-17-3-8-21(27)9-4-17/h3-15H,16H2,1-2H3/b20-13+. The van der Waals surface area contributed by atoms with Gasteiger partial charge in [-0.2, -0.15) is 0 Å². The van der Waals surface area contributed by atoms with Crippen LogP contribution in [0.25, 0.3) is 11.8 Å². The van der Waals surface area contributed by atoms with Crippen LogP contribution in [0.2, 0.25) is 0 Å². The zero-order valence-corrected chi connectivity index (χ0v) is 17.6. The van der Waals surface area contributed by atoms with Gasteiger partial charge in [-0.05, 0) is 77.4 Å². The van der Waals surface area contributed by atoms with Gasteiger partial charge in [0.1, 0.15) is 11.6 Å². The fourth-order valence-electron chi connectivity index (χ4n) is 3.57. The molecule has 1 heterocycles. The molecule has 3 aromatic carbocycles. The predicted octanol–water partition coefficient (Wildman–Crippen LogP) is 5.45. The Morgan fingerprint density at radius 1 is 0.844 bits per heavy atom. The molecule has 4 rings (SSSR count). The third-order valence-corrected chi connectivity index (χ3v) is 5.20. The molecule has 1 amide bonds. The average Bonchev–Trinajstić information content (AvgIpc) is 3.10. The highest BCUT2D eigenvalue weighted by Gasteiger charge is 2.29. The molecule has 0 fully saturated rings. The second-order valence-corrected chi connectivity index (χ2v) is 7.27. The van der Waals surface area contributed by atoms with E-state index in [0.717, 1.165) is 11.1 Å². The highest BCUT2D eigenvalue weighted by Crippen LogP contribution is 2.34. The van der Waals surface area contributed by atoms with E-state index in [0.29, 0.717) is 28.3 Å². The largest absolute Gasteiger partial charge is 0.493 e. The molecule has 0 atom stereocenters. The van der Waals surface area contributed by atoms with Crippen LogP contribution in [0.1, 0.15) is 16.7 Å². The maximum atomic E-state index is 13.5. The monoisotopic (exact) mass is 433 g/mol. The van der Waals surface area contributed by atoms with E-state index in [-0.39, 0.29) is 24.1 Å². The van der Waals surface area contributed by atoms with Gasteiger partial charge in [0.25, 0.3) is 5.91 Å². The molecule has 0 radical (unpaired) electrons. The Morgan fingerprint density at radius 2 is 1.47 bits per heavy atom. The number of halogens is 2. The van der Waals surface area contributed by atoms with E-state index in [1.165, 1.54) is 24.3 Å². The van der Waals surface area contributed by atoms with Crippen LogP contribution in [0, 0.1) is 11.6 Å². The lowest BCUT2D eigenvalue weighted by Gasteiger charge is -2.21. The van der Waals surface area contributed by atoms with Gasteiger partial charge in [0, 0.05) is 5.57 Å². The summed E-state index contributed by atoms with van der Waals surface area (Å²) in [6.07, 6.45) is 3.54. The van der Waals surface area contributed by atoms with Gasteiger partial charge in [0.2, 0.25) is 0 Å². The summed E-state index contributed by atoms with van der Waals surface area (Å²) in [5.41, 5.74) is 3.37. The quantitative estimate of drug-likeness (QED) is 0.486. The third kappa shape index (κ3) is 4.39. The number of nitrogens with zero attached hydrogens (tertiary/aromatic N) is 1. The van der Waals surface area contributed by atoms with Crippen LogP contribution in [0.3, 0.4) is 0 Å². The molecule has 0 aliphatic carbocycles. The van der Waals surface area contributed by atoms with Crippen molar-refractivity contribution in [2.45, 2.75) is 6.54 Å².